The smallest absolute Gasteiger partial charge is 0.343 e. The Bertz CT molecular complexity index is 1460. The number of esters is 1. The Morgan fingerprint density at radius 2 is 1.73 bits per heavy atom. The Kier molecular flexibility index (Phi) is 13.0. The molecule has 0 aromatic heterocycles. The van der Waals surface area contributed by atoms with Crippen molar-refractivity contribution in [3.05, 3.63) is 89.5 Å². The van der Waals surface area contributed by atoms with Gasteiger partial charge in [-0.15, -0.1) is 0 Å². The predicted octanol–water partition coefficient (Wildman–Crippen LogP) is 4.68. The number of rotatable bonds is 13. The molecule has 1 saturated heterocycles. The summed E-state index contributed by atoms with van der Waals surface area (Å²) in [5.41, 5.74) is 1.24. The van der Waals surface area contributed by atoms with Crippen molar-refractivity contribution in [1.29, 1.82) is 0 Å². The van der Waals surface area contributed by atoms with Crippen LogP contribution in [0.15, 0.2) is 72.8 Å². The number of phenols is 1. The van der Waals surface area contributed by atoms with Crippen molar-refractivity contribution in [2.24, 2.45) is 5.92 Å². The monoisotopic (exact) mass is 662 g/mol. The summed E-state index contributed by atoms with van der Waals surface area (Å²) in [6.07, 6.45) is 5.25. The molecule has 1 aliphatic heterocycles. The molecule has 2 unspecified atom stereocenters. The third kappa shape index (κ3) is 9.79. The second kappa shape index (κ2) is 16.9. The molecule has 1 heterocycles. The van der Waals surface area contributed by atoms with Gasteiger partial charge in [0.1, 0.15) is 18.0 Å². The van der Waals surface area contributed by atoms with Crippen molar-refractivity contribution >= 4 is 18.1 Å². The predicted molar refractivity (Wildman–Crippen MR) is 186 cm³/mol. The normalized spacial score (nSPS) is 19.7. The largest absolute Gasteiger partial charge is 0.506 e. The lowest BCUT2D eigenvalue weighted by atomic mass is 9.80. The molecule has 3 aromatic rings. The van der Waals surface area contributed by atoms with Gasteiger partial charge in [-0.05, 0) is 67.1 Å². The first-order valence-corrected chi connectivity index (χ1v) is 16.8. The van der Waals surface area contributed by atoms with Crippen LogP contribution in [0.5, 0.6) is 11.5 Å². The number of aromatic hydroxyl groups is 1. The fourth-order valence-corrected chi connectivity index (χ4v) is 6.68. The number of ether oxygens (including phenoxy) is 2. The molecule has 5 N–H and O–H groups in total. The number of aliphatic hydroxyl groups is 2. The quantitative estimate of drug-likeness (QED) is 0.0771. The highest BCUT2D eigenvalue weighted by Gasteiger charge is 2.49. The summed E-state index contributed by atoms with van der Waals surface area (Å²) >= 11 is 0. The number of phenolic OH excluding ortho intramolecular Hbond substituents is 1. The molecule has 5 rings (SSSR count). The van der Waals surface area contributed by atoms with Crippen LogP contribution >= 0.6 is 0 Å². The number of likely N-dealkylation sites (tertiary alicyclic amines) is 1. The number of amides is 1. The summed E-state index contributed by atoms with van der Waals surface area (Å²) in [4.78, 5) is 23.5. The number of anilines is 1. The van der Waals surface area contributed by atoms with Crippen molar-refractivity contribution < 1.29 is 38.9 Å². The Hall–Kier alpha value is -3.96. The number of carbonyl (C=O) groups excluding carboxylic acids is 2. The lowest BCUT2D eigenvalue weighted by Crippen LogP contribution is -2.46. The fourth-order valence-electron chi connectivity index (χ4n) is 6.68. The van der Waals surface area contributed by atoms with Crippen LogP contribution < -0.4 is 15.4 Å². The molecule has 2 aliphatic rings. The number of methoxy groups -OCH3 is 1. The van der Waals surface area contributed by atoms with E-state index in [1.54, 1.807) is 19.2 Å². The Labute approximate surface area is 284 Å². The van der Waals surface area contributed by atoms with E-state index in [0.29, 0.717) is 24.1 Å². The van der Waals surface area contributed by atoms with Gasteiger partial charge in [0.25, 0.3) is 0 Å². The zero-order valence-electron chi connectivity index (χ0n) is 28.6. The number of nitrogens with one attached hydrogen (secondary N) is 2. The first kappa shape index (κ1) is 36.9. The maximum atomic E-state index is 12.9. The number of aliphatic hydroxyl groups excluding tert-OH is 1. The molecule has 48 heavy (non-hydrogen) atoms. The highest BCUT2D eigenvalue weighted by atomic mass is 16.6. The first-order valence-electron chi connectivity index (χ1n) is 16.8. The molecule has 2 fully saturated rings. The summed E-state index contributed by atoms with van der Waals surface area (Å²) in [6, 6.07) is 22.0. The van der Waals surface area contributed by atoms with Gasteiger partial charge in [0, 0.05) is 24.9 Å². The van der Waals surface area contributed by atoms with Crippen molar-refractivity contribution in [2.75, 3.05) is 46.2 Å². The minimum Gasteiger partial charge on any atom is -0.506 e. The summed E-state index contributed by atoms with van der Waals surface area (Å²) in [5, 5.41) is 37.0. The van der Waals surface area contributed by atoms with Crippen LogP contribution in [0.1, 0.15) is 61.8 Å². The molecular weight excluding hydrogens is 610 g/mol. The number of nitrogens with zero attached hydrogens (tertiary/aromatic N) is 1. The second-order valence-electron chi connectivity index (χ2n) is 13.7. The van der Waals surface area contributed by atoms with E-state index in [0.717, 1.165) is 61.8 Å². The van der Waals surface area contributed by atoms with Gasteiger partial charge < -0.3 is 39.9 Å². The van der Waals surface area contributed by atoms with Gasteiger partial charge >= 0.3 is 5.97 Å². The van der Waals surface area contributed by atoms with Crippen molar-refractivity contribution in [1.82, 2.24) is 5.32 Å². The molecule has 10 nitrogen and oxygen atoms in total. The van der Waals surface area contributed by atoms with Crippen LogP contribution in [0.25, 0.3) is 0 Å². The SMILES string of the molecule is COc1ccc(C[C@@H](C)NC[C@H](O)c2ccc(O)c(NC=O)c2)cc1.C[N+]1(C)CCC(OC(=O)C(O)(c2ccccc2)C2CCCC2)C1. The maximum absolute atomic E-state index is 12.9. The fraction of sp³-hybridized carbons (Fsp3) is 0.474. The standard InChI is InChI=1S/C19H24N2O4.C19H28NO3/c1-13(9-14-3-6-16(25-2)7-4-14)20-11-19(24)15-5-8-18(23)17(10-15)21-12-22;1-20(2)13-12-17(14-20)23-18(21)19(22,16-10-6-7-11-16)15-8-4-3-5-9-15/h3-8,10,12-13,19-20,23-24H,9,11H2,1-2H3,(H,21,22);3-5,8-9,16-17,22H,6-7,10-14H2,1-2H3/q;+1/t13-,19+;/m1./s1. The van der Waals surface area contributed by atoms with Gasteiger partial charge in [-0.3, -0.25) is 4.79 Å². The van der Waals surface area contributed by atoms with Crippen molar-refractivity contribution in [3.8, 4) is 11.5 Å². The average Bonchev–Trinajstić information content (AvgIpc) is 3.75. The maximum Gasteiger partial charge on any atom is 0.343 e. The zero-order valence-corrected chi connectivity index (χ0v) is 28.6. The van der Waals surface area contributed by atoms with E-state index in [2.05, 4.69) is 24.7 Å². The third-order valence-electron chi connectivity index (χ3n) is 9.48. The van der Waals surface area contributed by atoms with E-state index in [1.165, 1.54) is 11.6 Å². The lowest BCUT2D eigenvalue weighted by Gasteiger charge is -2.33. The molecule has 1 saturated carbocycles. The van der Waals surface area contributed by atoms with Gasteiger partial charge in [-0.25, -0.2) is 4.79 Å². The Morgan fingerprint density at radius 1 is 1.04 bits per heavy atom. The van der Waals surface area contributed by atoms with Crippen LogP contribution in [-0.4, -0.2) is 85.2 Å². The van der Waals surface area contributed by atoms with Crippen LogP contribution in [0, 0.1) is 5.92 Å². The van der Waals surface area contributed by atoms with Crippen LogP contribution in [0.4, 0.5) is 5.69 Å². The molecule has 0 radical (unpaired) electrons. The molecule has 10 heteroatoms. The molecule has 4 atom stereocenters. The first-order chi connectivity index (χ1) is 22.9. The lowest BCUT2D eigenvalue weighted by molar-refractivity contribution is -0.879. The number of benzene rings is 3. The van der Waals surface area contributed by atoms with Crippen molar-refractivity contribution in [3.63, 3.8) is 0 Å². The van der Waals surface area contributed by atoms with Crippen LogP contribution in [0.3, 0.4) is 0 Å². The van der Waals surface area contributed by atoms with E-state index in [-0.39, 0.29) is 29.5 Å². The Morgan fingerprint density at radius 3 is 2.33 bits per heavy atom. The number of likely N-dealkylation sites (N-methyl/N-ethyl adjacent to an activating group) is 1. The molecule has 260 valence electrons. The molecule has 0 spiro atoms. The van der Waals surface area contributed by atoms with Gasteiger partial charge in [0.2, 0.25) is 6.41 Å². The minimum absolute atomic E-state index is 0.0381. The van der Waals surface area contributed by atoms with E-state index in [9.17, 15) is 24.9 Å². The summed E-state index contributed by atoms with van der Waals surface area (Å²) in [7, 11) is 5.93. The third-order valence-corrected chi connectivity index (χ3v) is 9.48. The molecular formula is C38H52N3O7+. The van der Waals surface area contributed by atoms with E-state index >= 15 is 0 Å². The average molecular weight is 663 g/mol. The summed E-state index contributed by atoms with van der Waals surface area (Å²) in [6.45, 7) is 4.24. The highest BCUT2D eigenvalue weighted by molar-refractivity contribution is 5.82. The number of quaternary nitrogens is 1. The van der Waals surface area contributed by atoms with Gasteiger partial charge in [0.05, 0.1) is 39.5 Å². The number of hydrogen-bond acceptors (Lipinski definition) is 8. The zero-order chi connectivity index (χ0) is 34.7. The van der Waals surface area contributed by atoms with Gasteiger partial charge in [0.15, 0.2) is 11.7 Å². The number of hydrogen-bond donors (Lipinski definition) is 5. The molecule has 1 amide bonds. The topological polar surface area (TPSA) is 137 Å². The van der Waals surface area contributed by atoms with Gasteiger partial charge in [-0.1, -0.05) is 61.4 Å². The minimum atomic E-state index is -1.50. The second-order valence-corrected chi connectivity index (χ2v) is 13.7. The van der Waals surface area contributed by atoms with Crippen molar-refractivity contribution in [2.45, 2.75) is 69.3 Å². The number of carbonyl (C=O) groups is 2. The van der Waals surface area contributed by atoms with E-state index in [4.69, 9.17) is 9.47 Å². The van der Waals surface area contributed by atoms with Crippen LogP contribution in [0.2, 0.25) is 0 Å². The van der Waals surface area contributed by atoms with E-state index in [1.807, 2.05) is 61.5 Å². The molecule has 1 aliphatic carbocycles. The molecule has 0 bridgehead atoms. The van der Waals surface area contributed by atoms with E-state index < -0.39 is 17.7 Å². The summed E-state index contributed by atoms with van der Waals surface area (Å²) in [5.74, 6) is 0.291. The molecule has 3 aromatic carbocycles. The van der Waals surface area contributed by atoms with Gasteiger partial charge in [-0.2, -0.15) is 0 Å². The van der Waals surface area contributed by atoms with Crippen LogP contribution in [-0.2, 0) is 26.3 Å². The summed E-state index contributed by atoms with van der Waals surface area (Å²) < 4.78 is 11.8. The Balaban J connectivity index is 0.000000217. The highest BCUT2D eigenvalue weighted by Crippen LogP contribution is 2.42.